The molecule has 1 aromatic heterocycles. The molecular weight excluding hydrogens is 448 g/mol. The van der Waals surface area contributed by atoms with Crippen molar-refractivity contribution in [1.29, 1.82) is 0 Å². The summed E-state index contributed by atoms with van der Waals surface area (Å²) in [5, 5.41) is 11.7. The molecule has 0 unspecified atom stereocenters. The van der Waals surface area contributed by atoms with Gasteiger partial charge in [-0.15, -0.1) is 5.10 Å². The van der Waals surface area contributed by atoms with E-state index in [1.807, 2.05) is 42.5 Å². The van der Waals surface area contributed by atoms with Crippen molar-refractivity contribution in [2.45, 2.75) is 38.7 Å². The van der Waals surface area contributed by atoms with Crippen molar-refractivity contribution in [2.75, 3.05) is 5.32 Å². The number of nitrogens with one attached hydrogen (secondary N) is 1. The van der Waals surface area contributed by atoms with Crippen molar-refractivity contribution in [1.82, 2.24) is 15.0 Å². The molecule has 0 saturated heterocycles. The smallest absolute Gasteiger partial charge is 0.413 e. The average molecular weight is 473 g/mol. The van der Waals surface area contributed by atoms with Gasteiger partial charge in [0.05, 0.1) is 5.69 Å². The standard InChI is InChI=1S/C27H25ClN4O2/c1-17-26(29-27(33)34-18(2)24-5-3-4-6-25(24)28)32(31-30-17)23-15-13-22(14-16-23)21-11-9-20(10-12-21)19-7-8-19/h3-6,9-16,18-19H,7-8H2,1-2H3,(H,29,33)/t18-/m1/s1. The number of benzene rings is 3. The number of rotatable bonds is 6. The Hall–Kier alpha value is -3.64. The zero-order valence-electron chi connectivity index (χ0n) is 19.0. The fourth-order valence-electron chi connectivity index (χ4n) is 4.00. The van der Waals surface area contributed by atoms with Crippen LogP contribution in [0.1, 0.15) is 48.6 Å². The number of anilines is 1. The summed E-state index contributed by atoms with van der Waals surface area (Å²) in [7, 11) is 0. The van der Waals surface area contributed by atoms with E-state index in [9.17, 15) is 4.79 Å². The van der Waals surface area contributed by atoms with Crippen LogP contribution in [0.5, 0.6) is 0 Å². The molecule has 4 aromatic rings. The summed E-state index contributed by atoms with van der Waals surface area (Å²) in [5.41, 5.74) is 5.82. The van der Waals surface area contributed by atoms with E-state index in [4.69, 9.17) is 16.3 Å². The average Bonchev–Trinajstić information content (AvgIpc) is 3.64. The van der Waals surface area contributed by atoms with Crippen molar-refractivity contribution in [3.05, 3.63) is 94.6 Å². The molecule has 1 atom stereocenters. The van der Waals surface area contributed by atoms with Gasteiger partial charge in [-0.05, 0) is 67.5 Å². The Bertz CT molecular complexity index is 1310. The van der Waals surface area contributed by atoms with E-state index in [1.165, 1.54) is 24.0 Å². The van der Waals surface area contributed by atoms with Gasteiger partial charge < -0.3 is 4.74 Å². The lowest BCUT2D eigenvalue weighted by Crippen LogP contribution is -2.19. The molecule has 7 heteroatoms. The van der Waals surface area contributed by atoms with Crippen molar-refractivity contribution in [3.8, 4) is 16.8 Å². The van der Waals surface area contributed by atoms with Crippen LogP contribution in [0.3, 0.4) is 0 Å². The number of ether oxygens (including phenoxy) is 1. The molecule has 0 radical (unpaired) electrons. The number of carbonyl (C=O) groups is 1. The Morgan fingerprint density at radius 3 is 2.32 bits per heavy atom. The molecule has 1 heterocycles. The van der Waals surface area contributed by atoms with Gasteiger partial charge >= 0.3 is 6.09 Å². The predicted octanol–water partition coefficient (Wildman–Crippen LogP) is 7.08. The summed E-state index contributed by atoms with van der Waals surface area (Å²) in [6.45, 7) is 3.56. The van der Waals surface area contributed by atoms with Gasteiger partial charge in [0, 0.05) is 10.6 Å². The van der Waals surface area contributed by atoms with Gasteiger partial charge in [-0.2, -0.15) is 4.68 Å². The highest BCUT2D eigenvalue weighted by molar-refractivity contribution is 6.31. The van der Waals surface area contributed by atoms with Gasteiger partial charge in [-0.3, -0.25) is 5.32 Å². The summed E-state index contributed by atoms with van der Waals surface area (Å²) < 4.78 is 7.13. The maximum Gasteiger partial charge on any atom is 0.413 e. The number of amides is 1. The lowest BCUT2D eigenvalue weighted by Gasteiger charge is -2.16. The molecular formula is C27H25ClN4O2. The molecule has 5 rings (SSSR count). The van der Waals surface area contributed by atoms with Crippen LogP contribution in [-0.2, 0) is 4.74 Å². The van der Waals surface area contributed by atoms with Crippen LogP contribution >= 0.6 is 11.6 Å². The molecule has 0 aliphatic heterocycles. The maximum atomic E-state index is 12.6. The first-order valence-corrected chi connectivity index (χ1v) is 11.7. The monoisotopic (exact) mass is 472 g/mol. The van der Waals surface area contributed by atoms with Crippen molar-refractivity contribution in [2.24, 2.45) is 0 Å². The molecule has 1 fully saturated rings. The lowest BCUT2D eigenvalue weighted by atomic mass is 10.0. The Labute approximate surface area is 203 Å². The third kappa shape index (κ3) is 4.68. The zero-order chi connectivity index (χ0) is 23.7. The molecule has 172 valence electrons. The number of nitrogens with zero attached hydrogens (tertiary/aromatic N) is 3. The minimum atomic E-state index is -0.605. The van der Waals surface area contributed by atoms with Crippen LogP contribution in [0.15, 0.2) is 72.8 Å². The van der Waals surface area contributed by atoms with E-state index >= 15 is 0 Å². The van der Waals surface area contributed by atoms with Gasteiger partial charge in [0.15, 0.2) is 5.82 Å². The van der Waals surface area contributed by atoms with Gasteiger partial charge in [0.1, 0.15) is 11.8 Å². The van der Waals surface area contributed by atoms with E-state index < -0.39 is 12.2 Å². The minimum absolute atomic E-state index is 0.456. The van der Waals surface area contributed by atoms with Crippen LogP contribution in [0.4, 0.5) is 10.6 Å². The molecule has 0 bridgehead atoms. The first kappa shape index (κ1) is 22.2. The number of aromatic nitrogens is 3. The Balaban J connectivity index is 1.30. The lowest BCUT2D eigenvalue weighted by molar-refractivity contribution is 0.121. The highest BCUT2D eigenvalue weighted by Crippen LogP contribution is 2.40. The Kier molecular flexibility index (Phi) is 6.07. The number of aryl methyl sites for hydroxylation is 1. The summed E-state index contributed by atoms with van der Waals surface area (Å²) in [5.74, 6) is 1.20. The first-order valence-electron chi connectivity index (χ1n) is 11.3. The summed E-state index contributed by atoms with van der Waals surface area (Å²) in [6, 6.07) is 24.1. The number of halogens is 1. The van der Waals surface area contributed by atoms with E-state index in [0.29, 0.717) is 16.5 Å². The van der Waals surface area contributed by atoms with E-state index in [-0.39, 0.29) is 0 Å². The third-order valence-corrected chi connectivity index (χ3v) is 6.43. The summed E-state index contributed by atoms with van der Waals surface area (Å²) in [6.07, 6.45) is 1.48. The Morgan fingerprint density at radius 1 is 1.03 bits per heavy atom. The molecule has 1 N–H and O–H groups in total. The number of carbonyl (C=O) groups excluding carboxylic acids is 1. The molecule has 3 aromatic carbocycles. The fourth-order valence-corrected chi connectivity index (χ4v) is 4.29. The normalized spacial score (nSPS) is 14.0. The third-order valence-electron chi connectivity index (χ3n) is 6.09. The van der Waals surface area contributed by atoms with Gasteiger partial charge in [-0.1, -0.05) is 71.4 Å². The minimum Gasteiger partial charge on any atom is -0.441 e. The predicted molar refractivity (Wildman–Crippen MR) is 133 cm³/mol. The SMILES string of the molecule is Cc1nnn(-c2ccc(-c3ccc(C4CC4)cc3)cc2)c1NC(=O)O[C@H](C)c1ccccc1Cl. The highest BCUT2D eigenvalue weighted by atomic mass is 35.5. The maximum absolute atomic E-state index is 12.6. The van der Waals surface area contributed by atoms with Crippen molar-refractivity contribution >= 4 is 23.5 Å². The summed E-state index contributed by atoms with van der Waals surface area (Å²) in [4.78, 5) is 12.6. The van der Waals surface area contributed by atoms with Crippen LogP contribution in [0.2, 0.25) is 5.02 Å². The van der Waals surface area contributed by atoms with Crippen LogP contribution in [0, 0.1) is 6.92 Å². The topological polar surface area (TPSA) is 69.0 Å². The molecule has 1 amide bonds. The number of hydrogen-bond donors (Lipinski definition) is 1. The van der Waals surface area contributed by atoms with Gasteiger partial charge in [-0.25, -0.2) is 4.79 Å². The summed E-state index contributed by atoms with van der Waals surface area (Å²) >= 11 is 6.22. The van der Waals surface area contributed by atoms with Gasteiger partial charge in [0.25, 0.3) is 0 Å². The zero-order valence-corrected chi connectivity index (χ0v) is 19.8. The van der Waals surface area contributed by atoms with Crippen molar-refractivity contribution in [3.63, 3.8) is 0 Å². The quantitative estimate of drug-likeness (QED) is 0.325. The second kappa shape index (κ2) is 9.31. The fraction of sp³-hybridized carbons (Fsp3) is 0.222. The molecule has 6 nitrogen and oxygen atoms in total. The van der Waals surface area contributed by atoms with Crippen LogP contribution < -0.4 is 5.32 Å². The molecule has 0 spiro atoms. The second-order valence-corrected chi connectivity index (χ2v) is 8.98. The van der Waals surface area contributed by atoms with Crippen molar-refractivity contribution < 1.29 is 9.53 Å². The van der Waals surface area contributed by atoms with E-state index in [0.717, 1.165) is 22.7 Å². The molecule has 1 saturated carbocycles. The van der Waals surface area contributed by atoms with E-state index in [2.05, 4.69) is 39.9 Å². The molecule has 34 heavy (non-hydrogen) atoms. The molecule has 1 aliphatic rings. The highest BCUT2D eigenvalue weighted by Gasteiger charge is 2.23. The van der Waals surface area contributed by atoms with Crippen LogP contribution in [0.25, 0.3) is 16.8 Å². The van der Waals surface area contributed by atoms with Gasteiger partial charge in [0.2, 0.25) is 0 Å². The number of hydrogen-bond acceptors (Lipinski definition) is 4. The van der Waals surface area contributed by atoms with Crippen LogP contribution in [-0.4, -0.2) is 21.1 Å². The van der Waals surface area contributed by atoms with E-state index in [1.54, 1.807) is 24.6 Å². The second-order valence-electron chi connectivity index (χ2n) is 8.57. The first-order chi connectivity index (χ1) is 16.5. The Morgan fingerprint density at radius 2 is 1.68 bits per heavy atom. The largest absolute Gasteiger partial charge is 0.441 e. The molecule has 1 aliphatic carbocycles.